The number of halogens is 1. The second kappa shape index (κ2) is 10.1. The number of benzene rings is 1. The highest BCUT2D eigenvalue weighted by Gasteiger charge is 2.35. The van der Waals surface area contributed by atoms with Gasteiger partial charge in [-0.3, -0.25) is 23.6 Å². The fourth-order valence-corrected chi connectivity index (χ4v) is 7.36. The first-order valence-electron chi connectivity index (χ1n) is 12.0. The summed E-state index contributed by atoms with van der Waals surface area (Å²) in [6.07, 6.45) is 4.69. The third-order valence-corrected chi connectivity index (χ3v) is 9.56. The quantitative estimate of drug-likeness (QED) is 0.535. The van der Waals surface area contributed by atoms with Gasteiger partial charge < -0.3 is 10.2 Å². The van der Waals surface area contributed by atoms with Crippen molar-refractivity contribution in [1.82, 2.24) is 9.80 Å². The van der Waals surface area contributed by atoms with Gasteiger partial charge in [0.2, 0.25) is 11.8 Å². The van der Waals surface area contributed by atoms with Crippen LogP contribution in [-0.4, -0.2) is 67.9 Å². The molecule has 1 aromatic rings. The van der Waals surface area contributed by atoms with E-state index >= 15 is 0 Å². The van der Waals surface area contributed by atoms with Crippen LogP contribution < -0.4 is 5.32 Å². The third-order valence-electron chi connectivity index (χ3n) is 7.33. The Morgan fingerprint density at radius 1 is 1.18 bits per heavy atom. The maximum Gasteiger partial charge on any atom is 0.226 e. The number of nitrogens with one attached hydrogen (secondary N) is 1. The number of anilines is 1. The van der Waals surface area contributed by atoms with Crippen LogP contribution in [0.15, 0.2) is 12.1 Å². The van der Waals surface area contributed by atoms with Gasteiger partial charge in [-0.15, -0.1) is 0 Å². The van der Waals surface area contributed by atoms with Crippen LogP contribution in [0.25, 0.3) is 0 Å². The Labute approximate surface area is 203 Å². The van der Waals surface area contributed by atoms with Crippen molar-refractivity contribution in [3.63, 3.8) is 0 Å². The van der Waals surface area contributed by atoms with Crippen molar-refractivity contribution in [2.24, 2.45) is 11.8 Å². The lowest BCUT2D eigenvalue weighted by molar-refractivity contribution is -0.140. The molecule has 2 heterocycles. The van der Waals surface area contributed by atoms with Crippen molar-refractivity contribution in [1.29, 1.82) is 0 Å². The summed E-state index contributed by atoms with van der Waals surface area (Å²) < 4.78 is 19.1. The second-order valence-electron chi connectivity index (χ2n) is 10.1. The van der Waals surface area contributed by atoms with E-state index < -0.39 is 10.6 Å². The maximum absolute atomic E-state index is 12.9. The number of carbonyl (C=O) groups excluding carboxylic acids is 2. The lowest BCUT2D eigenvalue weighted by Gasteiger charge is -2.46. The van der Waals surface area contributed by atoms with Gasteiger partial charge in [-0.25, -0.2) is 0 Å². The lowest BCUT2D eigenvalue weighted by Crippen LogP contribution is -2.54. The zero-order chi connectivity index (χ0) is 23.8. The Morgan fingerprint density at radius 2 is 1.88 bits per heavy atom. The summed E-state index contributed by atoms with van der Waals surface area (Å²) in [6, 6.07) is 3.90. The first-order chi connectivity index (χ1) is 15.6. The van der Waals surface area contributed by atoms with E-state index in [2.05, 4.69) is 22.0 Å². The van der Waals surface area contributed by atoms with E-state index in [1.165, 1.54) is 12.8 Å². The average Bonchev–Trinajstić information content (AvgIpc) is 3.24. The van der Waals surface area contributed by atoms with E-state index in [4.69, 9.17) is 11.6 Å². The molecular formula is C24H36ClN3O4S. The van der Waals surface area contributed by atoms with Crippen molar-refractivity contribution >= 4 is 39.7 Å². The zero-order valence-corrected chi connectivity index (χ0v) is 21.1. The molecule has 1 atom stereocenters. The van der Waals surface area contributed by atoms with Gasteiger partial charge in [-0.1, -0.05) is 24.4 Å². The molecule has 3 N–H and O–H groups in total. The molecule has 0 aromatic heterocycles. The molecule has 184 valence electrons. The standard InChI is InChI=1S/C24H36ClN3O4S/c1-16-12-27(7-8-28(16)24(30)19-5-3-4-6-19)13-20-10-21(25)11-22(17(20)2)26-23(29)9-18-14-33(31,32)15-18/h10-11,16,18-19,31-32H,3-9,12-15H2,1-2H3,(H,26,29). The summed E-state index contributed by atoms with van der Waals surface area (Å²) in [7, 11) is -2.44. The third kappa shape index (κ3) is 6.03. The summed E-state index contributed by atoms with van der Waals surface area (Å²) >= 11 is 6.39. The molecule has 7 nitrogen and oxygen atoms in total. The van der Waals surface area contributed by atoms with Crippen molar-refractivity contribution in [2.45, 2.75) is 58.5 Å². The minimum atomic E-state index is -2.44. The monoisotopic (exact) mass is 497 g/mol. The highest BCUT2D eigenvalue weighted by atomic mass is 35.5. The molecular weight excluding hydrogens is 462 g/mol. The van der Waals surface area contributed by atoms with Gasteiger partial charge in [0, 0.05) is 72.7 Å². The van der Waals surface area contributed by atoms with Gasteiger partial charge in [0.25, 0.3) is 0 Å². The van der Waals surface area contributed by atoms with Crippen LogP contribution in [0.3, 0.4) is 0 Å². The first kappa shape index (κ1) is 24.8. The molecule has 1 saturated carbocycles. The molecule has 1 unspecified atom stereocenters. The zero-order valence-electron chi connectivity index (χ0n) is 19.6. The molecule has 2 amide bonds. The van der Waals surface area contributed by atoms with Gasteiger partial charge in [-0.05, 0) is 49.9 Å². The second-order valence-corrected chi connectivity index (χ2v) is 12.8. The minimum Gasteiger partial charge on any atom is -0.337 e. The number of hydrogen-bond acceptors (Lipinski definition) is 5. The number of hydrogen-bond donors (Lipinski definition) is 3. The highest BCUT2D eigenvalue weighted by molar-refractivity contribution is 8.25. The van der Waals surface area contributed by atoms with Crippen LogP contribution in [0.5, 0.6) is 0 Å². The van der Waals surface area contributed by atoms with E-state index in [0.29, 0.717) is 34.7 Å². The highest BCUT2D eigenvalue weighted by Crippen LogP contribution is 2.53. The number of piperazine rings is 1. The molecule has 1 aromatic carbocycles. The van der Waals surface area contributed by atoms with Crippen LogP contribution >= 0.6 is 22.2 Å². The van der Waals surface area contributed by atoms with Crippen LogP contribution in [0.2, 0.25) is 5.02 Å². The molecule has 3 aliphatic rings. The molecule has 0 radical (unpaired) electrons. The molecule has 0 bridgehead atoms. The molecule has 1 aliphatic carbocycles. The lowest BCUT2D eigenvalue weighted by atomic mass is 10.0. The topological polar surface area (TPSA) is 93.1 Å². The number of rotatable bonds is 6. The Balaban J connectivity index is 1.35. The van der Waals surface area contributed by atoms with Gasteiger partial charge in [0.05, 0.1) is 0 Å². The Hall–Kier alpha value is -1.32. The molecule has 0 spiro atoms. The number of amides is 2. The summed E-state index contributed by atoms with van der Waals surface area (Å²) in [5.41, 5.74) is 2.76. The normalized spacial score (nSPS) is 25.0. The largest absolute Gasteiger partial charge is 0.337 e. The van der Waals surface area contributed by atoms with Gasteiger partial charge >= 0.3 is 0 Å². The van der Waals surface area contributed by atoms with E-state index in [-0.39, 0.29) is 30.2 Å². The molecule has 2 saturated heterocycles. The molecule has 2 aliphatic heterocycles. The van der Waals surface area contributed by atoms with E-state index in [1.54, 1.807) is 6.07 Å². The number of nitrogens with zero attached hydrogens (tertiary/aromatic N) is 2. The summed E-state index contributed by atoms with van der Waals surface area (Å²) in [4.78, 5) is 29.8. The van der Waals surface area contributed by atoms with Crippen LogP contribution in [0.4, 0.5) is 5.69 Å². The Kier molecular flexibility index (Phi) is 7.60. The summed E-state index contributed by atoms with van der Waals surface area (Å²) in [5, 5.41) is 3.54. The van der Waals surface area contributed by atoms with E-state index in [9.17, 15) is 18.7 Å². The SMILES string of the molecule is Cc1c(CN2CCN(C(=O)C3CCCC3)C(C)C2)cc(Cl)cc1NC(=O)CC1CS(O)(O)C1. The average molecular weight is 498 g/mol. The fourth-order valence-electron chi connectivity index (χ4n) is 5.47. The van der Waals surface area contributed by atoms with Crippen molar-refractivity contribution in [3.8, 4) is 0 Å². The van der Waals surface area contributed by atoms with Crippen LogP contribution in [-0.2, 0) is 16.1 Å². The Bertz CT molecular complexity index is 898. The minimum absolute atomic E-state index is 0.0266. The van der Waals surface area contributed by atoms with E-state index in [1.807, 2.05) is 13.0 Å². The first-order valence-corrected chi connectivity index (χ1v) is 14.2. The van der Waals surface area contributed by atoms with E-state index in [0.717, 1.165) is 43.6 Å². The summed E-state index contributed by atoms with van der Waals surface area (Å²) in [6.45, 7) is 7.23. The summed E-state index contributed by atoms with van der Waals surface area (Å²) in [5.74, 6) is 1.07. The van der Waals surface area contributed by atoms with Crippen LogP contribution in [0.1, 0.15) is 50.2 Å². The number of carbonyl (C=O) groups is 2. The van der Waals surface area contributed by atoms with Gasteiger partial charge in [-0.2, -0.15) is 10.6 Å². The molecule has 3 fully saturated rings. The smallest absolute Gasteiger partial charge is 0.226 e. The fraction of sp³-hybridized carbons (Fsp3) is 0.667. The van der Waals surface area contributed by atoms with Gasteiger partial charge in [0.15, 0.2) is 0 Å². The maximum atomic E-state index is 12.9. The molecule has 33 heavy (non-hydrogen) atoms. The van der Waals surface area contributed by atoms with Crippen molar-refractivity contribution in [2.75, 3.05) is 36.5 Å². The van der Waals surface area contributed by atoms with Crippen LogP contribution in [0, 0.1) is 18.8 Å². The van der Waals surface area contributed by atoms with Crippen molar-refractivity contribution < 1.29 is 18.7 Å². The van der Waals surface area contributed by atoms with Crippen molar-refractivity contribution in [3.05, 3.63) is 28.3 Å². The van der Waals surface area contributed by atoms with Gasteiger partial charge in [0.1, 0.15) is 0 Å². The predicted octanol–water partition coefficient (Wildman–Crippen LogP) is 4.58. The molecule has 4 rings (SSSR count). The Morgan fingerprint density at radius 3 is 2.52 bits per heavy atom. The predicted molar refractivity (Wildman–Crippen MR) is 134 cm³/mol. The molecule has 9 heteroatoms.